The second-order valence-electron chi connectivity index (χ2n) is 10.3. The highest BCUT2D eigenvalue weighted by Gasteiger charge is 2.35. The number of nitrogens with zero attached hydrogens (tertiary/aromatic N) is 2. The van der Waals surface area contributed by atoms with Crippen molar-refractivity contribution in [2.24, 2.45) is 0 Å². The molecule has 0 spiro atoms. The molecule has 7 nitrogen and oxygen atoms in total. The van der Waals surface area contributed by atoms with E-state index < -0.39 is 28.5 Å². The van der Waals surface area contributed by atoms with E-state index in [1.807, 2.05) is 19.9 Å². The molecule has 218 valence electrons. The number of anilines is 1. The van der Waals surface area contributed by atoms with Gasteiger partial charge in [-0.15, -0.1) is 0 Å². The van der Waals surface area contributed by atoms with E-state index in [0.717, 1.165) is 35.6 Å². The average molecular weight is 617 g/mol. The quantitative estimate of drug-likeness (QED) is 0.272. The summed E-state index contributed by atoms with van der Waals surface area (Å²) >= 11 is 13.0. The summed E-state index contributed by atoms with van der Waals surface area (Å²) in [4.78, 5) is 29.2. The lowest BCUT2D eigenvalue weighted by Gasteiger charge is -2.34. The van der Waals surface area contributed by atoms with E-state index in [1.54, 1.807) is 54.6 Å². The fourth-order valence-electron chi connectivity index (χ4n) is 5.17. The van der Waals surface area contributed by atoms with Crippen LogP contribution in [0.25, 0.3) is 0 Å². The molecule has 0 aliphatic heterocycles. The minimum absolute atomic E-state index is 0.0546. The molecule has 0 bridgehead atoms. The third-order valence-electron chi connectivity index (χ3n) is 7.38. The molecule has 1 unspecified atom stereocenters. The monoisotopic (exact) mass is 615 g/mol. The topological polar surface area (TPSA) is 86.8 Å². The molecule has 0 heterocycles. The lowest BCUT2D eigenvalue weighted by atomic mass is 10.1. The first-order chi connectivity index (χ1) is 19.6. The van der Waals surface area contributed by atoms with Crippen molar-refractivity contribution in [3.63, 3.8) is 0 Å². The summed E-state index contributed by atoms with van der Waals surface area (Å²) in [5, 5.41) is 3.81. The largest absolute Gasteiger partial charge is 0.352 e. The number of amides is 2. The van der Waals surface area contributed by atoms with Gasteiger partial charge in [-0.25, -0.2) is 8.42 Å². The van der Waals surface area contributed by atoms with E-state index in [2.05, 4.69) is 5.32 Å². The number of rotatable bonds is 11. The molecule has 1 saturated carbocycles. The van der Waals surface area contributed by atoms with Crippen LogP contribution in [-0.4, -0.2) is 43.8 Å². The molecule has 1 N–H and O–H groups in total. The molecule has 0 radical (unpaired) electrons. The zero-order valence-electron chi connectivity index (χ0n) is 23.2. The average Bonchev–Trinajstić information content (AvgIpc) is 3.46. The van der Waals surface area contributed by atoms with Crippen LogP contribution in [0.3, 0.4) is 0 Å². The Labute approximate surface area is 252 Å². The van der Waals surface area contributed by atoms with Crippen molar-refractivity contribution in [2.75, 3.05) is 10.8 Å². The zero-order chi connectivity index (χ0) is 29.6. The first-order valence-corrected chi connectivity index (χ1v) is 16.0. The van der Waals surface area contributed by atoms with Gasteiger partial charge >= 0.3 is 0 Å². The van der Waals surface area contributed by atoms with E-state index in [4.69, 9.17) is 23.2 Å². The number of halogens is 2. The highest BCUT2D eigenvalue weighted by molar-refractivity contribution is 7.92. The molecule has 1 fully saturated rings. The molecule has 3 aromatic rings. The van der Waals surface area contributed by atoms with Crippen LogP contribution in [0.4, 0.5) is 5.69 Å². The highest BCUT2D eigenvalue weighted by Crippen LogP contribution is 2.29. The van der Waals surface area contributed by atoms with E-state index >= 15 is 0 Å². The Balaban J connectivity index is 1.74. The number of carbonyl (C=O) groups is 2. The fraction of sp³-hybridized carbons (Fsp3) is 0.355. The summed E-state index contributed by atoms with van der Waals surface area (Å²) in [5.41, 5.74) is 1.68. The number of sulfonamides is 1. The molecule has 0 saturated heterocycles. The van der Waals surface area contributed by atoms with Gasteiger partial charge in [0.15, 0.2) is 0 Å². The van der Waals surface area contributed by atoms with Crippen LogP contribution < -0.4 is 9.62 Å². The summed E-state index contributed by atoms with van der Waals surface area (Å²) < 4.78 is 28.9. The summed E-state index contributed by atoms with van der Waals surface area (Å²) in [6, 6.07) is 19.2. The molecule has 1 aliphatic carbocycles. The first-order valence-electron chi connectivity index (χ1n) is 13.8. The van der Waals surface area contributed by atoms with Crippen LogP contribution in [0.15, 0.2) is 77.7 Å². The van der Waals surface area contributed by atoms with Gasteiger partial charge in [0.2, 0.25) is 11.8 Å². The Morgan fingerprint density at radius 2 is 1.59 bits per heavy atom. The van der Waals surface area contributed by atoms with Gasteiger partial charge in [-0.05, 0) is 68.1 Å². The molecule has 1 atom stereocenters. The highest BCUT2D eigenvalue weighted by atomic mass is 35.5. The molecule has 3 aromatic carbocycles. The van der Waals surface area contributed by atoms with Crippen molar-refractivity contribution < 1.29 is 18.0 Å². The maximum atomic E-state index is 14.2. The first kappa shape index (κ1) is 30.9. The third kappa shape index (κ3) is 7.42. The van der Waals surface area contributed by atoms with Crippen molar-refractivity contribution in [3.8, 4) is 0 Å². The van der Waals surface area contributed by atoms with E-state index in [9.17, 15) is 18.0 Å². The maximum absolute atomic E-state index is 14.2. The molecule has 4 rings (SSSR count). The van der Waals surface area contributed by atoms with Gasteiger partial charge in [-0.3, -0.25) is 13.9 Å². The minimum Gasteiger partial charge on any atom is -0.352 e. The Bertz CT molecular complexity index is 1460. The molecule has 2 amide bonds. The van der Waals surface area contributed by atoms with Gasteiger partial charge in [-0.1, -0.05) is 79.4 Å². The van der Waals surface area contributed by atoms with Crippen LogP contribution in [0.1, 0.15) is 50.2 Å². The third-order valence-corrected chi connectivity index (χ3v) is 9.87. The van der Waals surface area contributed by atoms with Crippen molar-refractivity contribution in [2.45, 2.75) is 69.5 Å². The molecule has 0 aromatic heterocycles. The van der Waals surface area contributed by atoms with Crippen molar-refractivity contribution in [3.05, 3.63) is 94.0 Å². The second-order valence-corrected chi connectivity index (χ2v) is 13.0. The van der Waals surface area contributed by atoms with E-state index in [0.29, 0.717) is 27.7 Å². The predicted molar refractivity (Wildman–Crippen MR) is 164 cm³/mol. The number of carbonyl (C=O) groups excluding carboxylic acids is 2. The van der Waals surface area contributed by atoms with Gasteiger partial charge in [0, 0.05) is 28.2 Å². The molecule has 41 heavy (non-hydrogen) atoms. The molecular weight excluding hydrogens is 581 g/mol. The normalized spacial score (nSPS) is 14.4. The van der Waals surface area contributed by atoms with Crippen LogP contribution >= 0.6 is 23.2 Å². The van der Waals surface area contributed by atoms with Gasteiger partial charge in [0.1, 0.15) is 12.6 Å². The smallest absolute Gasteiger partial charge is 0.264 e. The number of nitrogens with one attached hydrogen (secondary N) is 1. The fourth-order valence-corrected chi connectivity index (χ4v) is 7.12. The number of aryl methyl sites for hydroxylation is 1. The maximum Gasteiger partial charge on any atom is 0.264 e. The summed E-state index contributed by atoms with van der Waals surface area (Å²) in [6.45, 7) is 3.11. The van der Waals surface area contributed by atoms with Crippen LogP contribution in [0.2, 0.25) is 10.0 Å². The molecular formula is C31H35Cl2N3O4S. The van der Waals surface area contributed by atoms with E-state index in [1.165, 1.54) is 17.0 Å². The van der Waals surface area contributed by atoms with Crippen molar-refractivity contribution >= 4 is 50.7 Å². The van der Waals surface area contributed by atoms with Crippen LogP contribution in [0, 0.1) is 6.92 Å². The zero-order valence-corrected chi connectivity index (χ0v) is 25.6. The summed E-state index contributed by atoms with van der Waals surface area (Å²) in [7, 11) is -4.13. The van der Waals surface area contributed by atoms with Crippen molar-refractivity contribution in [1.82, 2.24) is 10.2 Å². The number of hydrogen-bond donors (Lipinski definition) is 1. The van der Waals surface area contributed by atoms with Gasteiger partial charge < -0.3 is 10.2 Å². The Hall–Kier alpha value is -3.07. The SMILES string of the molecule is CCC(C(=O)NC1CCCC1)N(Cc1c(Cl)cccc1Cl)C(=O)CN(c1cccc(C)c1)S(=O)(=O)c1ccccc1. The Kier molecular flexibility index (Phi) is 10.3. The van der Waals surface area contributed by atoms with Gasteiger partial charge in [-0.2, -0.15) is 0 Å². The van der Waals surface area contributed by atoms with Gasteiger partial charge in [0.25, 0.3) is 10.0 Å². The molecule has 10 heteroatoms. The Morgan fingerprint density at radius 1 is 0.951 bits per heavy atom. The Morgan fingerprint density at radius 3 is 2.20 bits per heavy atom. The van der Waals surface area contributed by atoms with Gasteiger partial charge in [0.05, 0.1) is 10.6 Å². The lowest BCUT2D eigenvalue weighted by Crippen LogP contribution is -2.53. The summed E-state index contributed by atoms with van der Waals surface area (Å²) in [5.74, 6) is -0.820. The number of benzene rings is 3. The minimum atomic E-state index is -4.13. The lowest BCUT2D eigenvalue weighted by molar-refractivity contribution is -0.140. The molecule has 1 aliphatic rings. The standard InChI is InChI=1S/C31H35Cl2N3O4S/c1-3-29(31(38)34-23-12-7-8-13-23)35(20-26-27(32)17-10-18-28(26)33)30(37)21-36(24-14-9-11-22(2)19-24)41(39,40)25-15-5-4-6-16-25/h4-6,9-11,14-19,23,29H,3,7-8,12-13,20-21H2,1-2H3,(H,34,38). The van der Waals surface area contributed by atoms with E-state index in [-0.39, 0.29) is 23.4 Å². The number of hydrogen-bond acceptors (Lipinski definition) is 4. The summed E-state index contributed by atoms with van der Waals surface area (Å²) in [6.07, 6.45) is 4.19. The predicted octanol–water partition coefficient (Wildman–Crippen LogP) is 6.36. The van der Waals surface area contributed by atoms with Crippen LogP contribution in [-0.2, 0) is 26.2 Å². The van der Waals surface area contributed by atoms with Crippen molar-refractivity contribution in [1.29, 1.82) is 0 Å². The second kappa shape index (κ2) is 13.7. The van der Waals surface area contributed by atoms with Crippen LogP contribution in [0.5, 0.6) is 0 Å².